The first-order chi connectivity index (χ1) is 9.08. The number of rotatable bonds is 4. The molecule has 1 atom stereocenters. The van der Waals surface area contributed by atoms with E-state index in [1.54, 1.807) is 13.3 Å². The standard InChI is InChI=1S/C14H20N4O/c1-5-18-14(12(19-4)8-16-18)13(15)11-7-6-9(2)17-10(11)3/h6-8,13H,5,15H2,1-4H3. The summed E-state index contributed by atoms with van der Waals surface area (Å²) in [5, 5.41) is 4.29. The fourth-order valence-electron chi connectivity index (χ4n) is 2.27. The van der Waals surface area contributed by atoms with Gasteiger partial charge in [0.25, 0.3) is 0 Å². The van der Waals surface area contributed by atoms with Crippen LogP contribution in [-0.4, -0.2) is 21.9 Å². The normalized spacial score (nSPS) is 12.5. The van der Waals surface area contributed by atoms with E-state index >= 15 is 0 Å². The Balaban J connectivity index is 2.48. The van der Waals surface area contributed by atoms with Gasteiger partial charge in [-0.15, -0.1) is 0 Å². The van der Waals surface area contributed by atoms with Gasteiger partial charge in [0.2, 0.25) is 0 Å². The highest BCUT2D eigenvalue weighted by molar-refractivity contribution is 5.38. The Labute approximate surface area is 113 Å². The number of aryl methyl sites for hydroxylation is 3. The largest absolute Gasteiger partial charge is 0.493 e. The molecule has 0 aliphatic carbocycles. The molecule has 0 aliphatic rings. The third-order valence-corrected chi connectivity index (χ3v) is 3.26. The molecule has 2 aromatic heterocycles. The van der Waals surface area contributed by atoms with Crippen LogP contribution in [-0.2, 0) is 6.54 Å². The molecule has 2 N–H and O–H groups in total. The molecule has 2 rings (SSSR count). The maximum atomic E-state index is 6.38. The van der Waals surface area contributed by atoms with E-state index in [1.807, 2.05) is 37.6 Å². The average Bonchev–Trinajstić information content (AvgIpc) is 2.80. The summed E-state index contributed by atoms with van der Waals surface area (Å²) in [5.74, 6) is 0.717. The van der Waals surface area contributed by atoms with Crippen molar-refractivity contribution in [2.75, 3.05) is 7.11 Å². The third kappa shape index (κ3) is 2.46. The highest BCUT2D eigenvalue weighted by Crippen LogP contribution is 2.29. The van der Waals surface area contributed by atoms with E-state index < -0.39 is 0 Å². The predicted octanol–water partition coefficient (Wildman–Crippen LogP) is 1.97. The van der Waals surface area contributed by atoms with Gasteiger partial charge in [-0.25, -0.2) is 0 Å². The van der Waals surface area contributed by atoms with E-state index in [9.17, 15) is 0 Å². The third-order valence-electron chi connectivity index (χ3n) is 3.26. The smallest absolute Gasteiger partial charge is 0.161 e. The number of pyridine rings is 1. The van der Waals surface area contributed by atoms with E-state index in [0.29, 0.717) is 5.75 Å². The van der Waals surface area contributed by atoms with Crippen molar-refractivity contribution in [3.8, 4) is 5.75 Å². The Morgan fingerprint density at radius 1 is 1.37 bits per heavy atom. The Morgan fingerprint density at radius 3 is 2.68 bits per heavy atom. The minimum Gasteiger partial charge on any atom is -0.493 e. The van der Waals surface area contributed by atoms with Gasteiger partial charge in [0.05, 0.1) is 19.3 Å². The van der Waals surface area contributed by atoms with Crippen LogP contribution in [0.1, 0.15) is 35.6 Å². The van der Waals surface area contributed by atoms with Crippen molar-refractivity contribution in [3.05, 3.63) is 41.0 Å². The van der Waals surface area contributed by atoms with Crippen molar-refractivity contribution in [2.24, 2.45) is 5.73 Å². The van der Waals surface area contributed by atoms with Crippen LogP contribution >= 0.6 is 0 Å². The molecule has 0 bridgehead atoms. The topological polar surface area (TPSA) is 66.0 Å². The fourth-order valence-corrected chi connectivity index (χ4v) is 2.27. The molecule has 5 nitrogen and oxygen atoms in total. The molecular formula is C14H20N4O. The number of methoxy groups -OCH3 is 1. The van der Waals surface area contributed by atoms with Crippen LogP contribution in [0.25, 0.3) is 0 Å². The Morgan fingerprint density at radius 2 is 2.11 bits per heavy atom. The number of nitrogens with two attached hydrogens (primary N) is 1. The minimum absolute atomic E-state index is 0.287. The molecule has 102 valence electrons. The number of aromatic nitrogens is 3. The molecular weight excluding hydrogens is 240 g/mol. The van der Waals surface area contributed by atoms with Crippen molar-refractivity contribution in [1.29, 1.82) is 0 Å². The molecule has 0 aromatic carbocycles. The Kier molecular flexibility index (Phi) is 3.85. The second-order valence-electron chi connectivity index (χ2n) is 4.52. The van der Waals surface area contributed by atoms with Crippen LogP contribution in [0.4, 0.5) is 0 Å². The predicted molar refractivity (Wildman–Crippen MR) is 74.2 cm³/mol. The van der Waals surface area contributed by atoms with Crippen molar-refractivity contribution in [1.82, 2.24) is 14.8 Å². The van der Waals surface area contributed by atoms with Gasteiger partial charge >= 0.3 is 0 Å². The summed E-state index contributed by atoms with van der Waals surface area (Å²) < 4.78 is 7.21. The summed E-state index contributed by atoms with van der Waals surface area (Å²) >= 11 is 0. The maximum Gasteiger partial charge on any atom is 0.161 e. The Bertz CT molecular complexity index is 555. The van der Waals surface area contributed by atoms with Crippen molar-refractivity contribution < 1.29 is 4.74 Å². The molecule has 0 aliphatic heterocycles. The SMILES string of the molecule is CCn1ncc(OC)c1C(N)c1ccc(C)nc1C. The van der Waals surface area contributed by atoms with Gasteiger partial charge in [-0.2, -0.15) is 5.10 Å². The fraction of sp³-hybridized carbons (Fsp3) is 0.429. The molecule has 0 fully saturated rings. The summed E-state index contributed by atoms with van der Waals surface area (Å²) in [6, 6.07) is 3.71. The van der Waals surface area contributed by atoms with Crippen molar-refractivity contribution in [3.63, 3.8) is 0 Å². The summed E-state index contributed by atoms with van der Waals surface area (Å²) in [6.45, 7) is 6.73. The van der Waals surface area contributed by atoms with Crippen LogP contribution in [0.3, 0.4) is 0 Å². The average molecular weight is 260 g/mol. The van der Waals surface area contributed by atoms with Gasteiger partial charge in [-0.3, -0.25) is 9.67 Å². The first kappa shape index (κ1) is 13.5. The lowest BCUT2D eigenvalue weighted by atomic mass is 10.0. The second kappa shape index (κ2) is 5.40. The Hall–Kier alpha value is -1.88. The van der Waals surface area contributed by atoms with Gasteiger partial charge in [0.1, 0.15) is 5.69 Å². The molecule has 0 amide bonds. The molecule has 0 saturated carbocycles. The summed E-state index contributed by atoms with van der Waals surface area (Å²) in [7, 11) is 1.63. The minimum atomic E-state index is -0.287. The van der Waals surface area contributed by atoms with Gasteiger partial charge in [0.15, 0.2) is 5.75 Å². The quantitative estimate of drug-likeness (QED) is 0.912. The molecule has 0 spiro atoms. The maximum absolute atomic E-state index is 6.38. The van der Waals surface area contributed by atoms with E-state index in [-0.39, 0.29) is 6.04 Å². The number of hydrogen-bond donors (Lipinski definition) is 1. The van der Waals surface area contributed by atoms with E-state index in [0.717, 1.165) is 29.2 Å². The molecule has 2 aromatic rings. The molecule has 19 heavy (non-hydrogen) atoms. The number of hydrogen-bond acceptors (Lipinski definition) is 4. The molecule has 0 radical (unpaired) electrons. The van der Waals surface area contributed by atoms with Crippen molar-refractivity contribution in [2.45, 2.75) is 33.4 Å². The van der Waals surface area contributed by atoms with Crippen molar-refractivity contribution >= 4 is 0 Å². The zero-order valence-corrected chi connectivity index (χ0v) is 11.8. The molecule has 1 unspecified atom stereocenters. The lowest BCUT2D eigenvalue weighted by Gasteiger charge is -2.17. The van der Waals surface area contributed by atoms with E-state index in [4.69, 9.17) is 10.5 Å². The lowest BCUT2D eigenvalue weighted by molar-refractivity contribution is 0.404. The molecule has 5 heteroatoms. The monoisotopic (exact) mass is 260 g/mol. The molecule has 0 saturated heterocycles. The zero-order chi connectivity index (χ0) is 14.0. The van der Waals surface area contributed by atoms with E-state index in [2.05, 4.69) is 10.1 Å². The number of ether oxygens (including phenoxy) is 1. The molecule has 2 heterocycles. The van der Waals surface area contributed by atoms with Crippen LogP contribution in [0.15, 0.2) is 18.3 Å². The zero-order valence-electron chi connectivity index (χ0n) is 11.8. The second-order valence-corrected chi connectivity index (χ2v) is 4.52. The first-order valence-corrected chi connectivity index (χ1v) is 6.37. The van der Waals surface area contributed by atoms with Crippen LogP contribution in [0, 0.1) is 13.8 Å². The van der Waals surface area contributed by atoms with Gasteiger partial charge in [-0.05, 0) is 32.4 Å². The number of nitrogens with zero attached hydrogens (tertiary/aromatic N) is 3. The van der Waals surface area contributed by atoms with Gasteiger partial charge in [0, 0.05) is 17.9 Å². The lowest BCUT2D eigenvalue weighted by Crippen LogP contribution is -2.19. The van der Waals surface area contributed by atoms with Gasteiger partial charge in [-0.1, -0.05) is 6.07 Å². The van der Waals surface area contributed by atoms with E-state index in [1.165, 1.54) is 0 Å². The van der Waals surface area contributed by atoms with Crippen LogP contribution in [0.5, 0.6) is 5.75 Å². The van der Waals surface area contributed by atoms with Gasteiger partial charge < -0.3 is 10.5 Å². The highest BCUT2D eigenvalue weighted by Gasteiger charge is 2.21. The summed E-state index contributed by atoms with van der Waals surface area (Å²) in [6.07, 6.45) is 1.70. The highest BCUT2D eigenvalue weighted by atomic mass is 16.5. The summed E-state index contributed by atoms with van der Waals surface area (Å²) in [5.41, 5.74) is 10.2. The first-order valence-electron chi connectivity index (χ1n) is 6.37. The van der Waals surface area contributed by atoms with Crippen LogP contribution in [0.2, 0.25) is 0 Å². The van der Waals surface area contributed by atoms with Crippen LogP contribution < -0.4 is 10.5 Å². The summed E-state index contributed by atoms with van der Waals surface area (Å²) in [4.78, 5) is 4.47.